The number of aliphatic hydroxyl groups excluding tert-OH is 1. The Bertz CT molecular complexity index is 1030. The van der Waals surface area contributed by atoms with Gasteiger partial charge in [-0.25, -0.2) is 4.57 Å². The predicted molar refractivity (Wildman–Crippen MR) is 110 cm³/mol. The quantitative estimate of drug-likeness (QED) is 0.660. The van der Waals surface area contributed by atoms with Gasteiger partial charge < -0.3 is 10.2 Å². The molecule has 0 aliphatic heterocycles. The molecule has 0 saturated carbocycles. The van der Waals surface area contributed by atoms with Crippen molar-refractivity contribution < 1.29 is 10.2 Å². The van der Waals surface area contributed by atoms with Gasteiger partial charge in [0.25, 0.3) is 5.56 Å². The number of pyridine rings is 1. The van der Waals surface area contributed by atoms with Crippen molar-refractivity contribution in [1.82, 2.24) is 4.57 Å². The Hall–Kier alpha value is -2.92. The average molecular weight is 364 g/mol. The number of hydrogen-bond acceptors (Lipinski definition) is 4. The van der Waals surface area contributed by atoms with E-state index in [0.717, 1.165) is 29.7 Å². The lowest BCUT2D eigenvalue weighted by Crippen LogP contribution is -2.22. The van der Waals surface area contributed by atoms with Crippen LogP contribution in [0.1, 0.15) is 30.5 Å². The van der Waals surface area contributed by atoms with Crippen molar-refractivity contribution in [3.8, 4) is 11.6 Å². The Morgan fingerprint density at radius 3 is 2.22 bits per heavy atom. The number of aromatic hydroxyl groups is 1. The molecular formula is C22H24N2O3. The minimum atomic E-state index is -0.252. The lowest BCUT2D eigenvalue weighted by molar-refractivity contribution is 0.307. The molecule has 0 radical (unpaired) electrons. The zero-order valence-electron chi connectivity index (χ0n) is 15.6. The molecular weight excluding hydrogens is 340 g/mol. The van der Waals surface area contributed by atoms with Gasteiger partial charge in [0.15, 0.2) is 0 Å². The van der Waals surface area contributed by atoms with E-state index < -0.39 is 0 Å². The SMILES string of the molecule is CCc1cccc(CC)c1-n1c(O)c(C=NCCO)c2ccccc2c1=O. The van der Waals surface area contributed by atoms with Crippen LogP contribution in [0.3, 0.4) is 0 Å². The largest absolute Gasteiger partial charge is 0.494 e. The number of aromatic nitrogens is 1. The zero-order chi connectivity index (χ0) is 19.4. The average Bonchev–Trinajstić information content (AvgIpc) is 2.70. The van der Waals surface area contributed by atoms with Gasteiger partial charge in [0, 0.05) is 17.0 Å². The first-order valence-corrected chi connectivity index (χ1v) is 9.22. The first-order valence-electron chi connectivity index (χ1n) is 9.22. The van der Waals surface area contributed by atoms with Gasteiger partial charge in [-0.15, -0.1) is 0 Å². The summed E-state index contributed by atoms with van der Waals surface area (Å²) in [6.07, 6.45) is 3.02. The van der Waals surface area contributed by atoms with Crippen LogP contribution in [0.25, 0.3) is 16.5 Å². The van der Waals surface area contributed by atoms with Crippen molar-refractivity contribution in [2.24, 2.45) is 4.99 Å². The number of nitrogens with zero attached hydrogens (tertiary/aromatic N) is 2. The van der Waals surface area contributed by atoms with Gasteiger partial charge in [-0.2, -0.15) is 0 Å². The van der Waals surface area contributed by atoms with Gasteiger partial charge in [-0.1, -0.05) is 50.2 Å². The molecule has 140 valence electrons. The lowest BCUT2D eigenvalue weighted by Gasteiger charge is -2.19. The first-order chi connectivity index (χ1) is 13.1. The van der Waals surface area contributed by atoms with Crippen molar-refractivity contribution >= 4 is 17.0 Å². The van der Waals surface area contributed by atoms with Crippen LogP contribution in [0.2, 0.25) is 0 Å². The summed E-state index contributed by atoms with van der Waals surface area (Å²) in [4.78, 5) is 17.5. The number of rotatable bonds is 6. The summed E-state index contributed by atoms with van der Waals surface area (Å²) in [6.45, 7) is 4.22. The van der Waals surface area contributed by atoms with Crippen LogP contribution in [-0.4, -0.2) is 34.1 Å². The molecule has 0 aliphatic rings. The second kappa shape index (κ2) is 8.18. The number of aryl methyl sites for hydroxylation is 2. The molecule has 0 bridgehead atoms. The number of para-hydroxylation sites is 1. The van der Waals surface area contributed by atoms with Crippen molar-refractivity contribution in [2.75, 3.05) is 13.2 Å². The second-order valence-corrected chi connectivity index (χ2v) is 6.31. The second-order valence-electron chi connectivity index (χ2n) is 6.31. The fraction of sp³-hybridized carbons (Fsp3) is 0.273. The summed E-state index contributed by atoms with van der Waals surface area (Å²) >= 11 is 0. The Morgan fingerprint density at radius 1 is 1.00 bits per heavy atom. The highest BCUT2D eigenvalue weighted by Gasteiger charge is 2.19. The molecule has 0 unspecified atom stereocenters. The summed E-state index contributed by atoms with van der Waals surface area (Å²) < 4.78 is 1.40. The smallest absolute Gasteiger partial charge is 0.265 e. The first kappa shape index (κ1) is 18.9. The fourth-order valence-electron chi connectivity index (χ4n) is 3.41. The van der Waals surface area contributed by atoms with E-state index in [4.69, 9.17) is 5.11 Å². The van der Waals surface area contributed by atoms with E-state index >= 15 is 0 Å². The van der Waals surface area contributed by atoms with E-state index in [1.807, 2.05) is 44.2 Å². The van der Waals surface area contributed by atoms with E-state index in [2.05, 4.69) is 4.99 Å². The third kappa shape index (κ3) is 3.38. The third-order valence-corrected chi connectivity index (χ3v) is 4.74. The van der Waals surface area contributed by atoms with E-state index in [1.54, 1.807) is 12.1 Å². The number of hydrogen-bond donors (Lipinski definition) is 2. The Balaban J connectivity index is 2.44. The Labute approximate surface area is 158 Å². The van der Waals surface area contributed by atoms with E-state index in [1.165, 1.54) is 10.8 Å². The molecule has 3 rings (SSSR count). The summed E-state index contributed by atoms with van der Waals surface area (Å²) in [6, 6.07) is 13.1. The van der Waals surface area contributed by atoms with Gasteiger partial charge >= 0.3 is 0 Å². The van der Waals surface area contributed by atoms with Crippen LogP contribution in [0.15, 0.2) is 52.3 Å². The van der Waals surface area contributed by atoms with Crippen LogP contribution in [-0.2, 0) is 12.8 Å². The molecule has 0 fully saturated rings. The minimum absolute atomic E-state index is 0.0759. The Morgan fingerprint density at radius 2 is 1.63 bits per heavy atom. The normalized spacial score (nSPS) is 11.5. The fourth-order valence-corrected chi connectivity index (χ4v) is 3.41. The van der Waals surface area contributed by atoms with Gasteiger partial charge in [-0.05, 0) is 30.0 Å². The molecule has 3 aromatic rings. The highest BCUT2D eigenvalue weighted by Crippen LogP contribution is 2.29. The molecule has 27 heavy (non-hydrogen) atoms. The molecule has 0 aliphatic carbocycles. The molecule has 2 aromatic carbocycles. The topological polar surface area (TPSA) is 74.8 Å². The molecule has 0 saturated heterocycles. The monoisotopic (exact) mass is 364 g/mol. The molecule has 2 N–H and O–H groups in total. The predicted octanol–water partition coefficient (Wildman–Crippen LogP) is 3.23. The van der Waals surface area contributed by atoms with Crippen LogP contribution in [0.5, 0.6) is 5.88 Å². The van der Waals surface area contributed by atoms with Crippen molar-refractivity contribution in [2.45, 2.75) is 26.7 Å². The van der Waals surface area contributed by atoms with Crippen LogP contribution in [0, 0.1) is 0 Å². The van der Waals surface area contributed by atoms with Gasteiger partial charge in [-0.3, -0.25) is 9.79 Å². The van der Waals surface area contributed by atoms with Crippen molar-refractivity contribution in [3.63, 3.8) is 0 Å². The molecule has 5 nitrogen and oxygen atoms in total. The summed E-state index contributed by atoms with van der Waals surface area (Å²) in [5, 5.41) is 21.2. The number of aliphatic imine (C=N–C) groups is 1. The highest BCUT2D eigenvalue weighted by atomic mass is 16.3. The summed E-state index contributed by atoms with van der Waals surface area (Å²) in [7, 11) is 0. The highest BCUT2D eigenvalue weighted by molar-refractivity contribution is 6.01. The maximum atomic E-state index is 13.3. The Kier molecular flexibility index (Phi) is 5.72. The third-order valence-electron chi connectivity index (χ3n) is 4.74. The molecule has 5 heteroatoms. The van der Waals surface area contributed by atoms with E-state index in [0.29, 0.717) is 16.3 Å². The number of benzene rings is 2. The molecule has 0 amide bonds. The van der Waals surface area contributed by atoms with Gasteiger partial charge in [0.05, 0.1) is 24.4 Å². The van der Waals surface area contributed by atoms with E-state index in [9.17, 15) is 9.90 Å². The molecule has 1 aromatic heterocycles. The summed E-state index contributed by atoms with van der Waals surface area (Å²) in [5.74, 6) is -0.129. The molecule has 0 atom stereocenters. The van der Waals surface area contributed by atoms with Gasteiger partial charge in [0.2, 0.25) is 5.88 Å². The van der Waals surface area contributed by atoms with Crippen LogP contribution < -0.4 is 5.56 Å². The maximum absolute atomic E-state index is 13.3. The molecule has 1 heterocycles. The number of aliphatic hydroxyl groups is 1. The number of fused-ring (bicyclic) bond motifs is 1. The zero-order valence-corrected chi connectivity index (χ0v) is 15.6. The maximum Gasteiger partial charge on any atom is 0.265 e. The van der Waals surface area contributed by atoms with Crippen molar-refractivity contribution in [1.29, 1.82) is 0 Å². The van der Waals surface area contributed by atoms with E-state index in [-0.39, 0.29) is 24.6 Å². The van der Waals surface area contributed by atoms with Crippen molar-refractivity contribution in [3.05, 3.63) is 69.5 Å². The van der Waals surface area contributed by atoms with Crippen LogP contribution >= 0.6 is 0 Å². The standard InChI is InChI=1S/C22H24N2O3/c1-3-15-8-7-9-16(4-2)20(15)24-21(26)18-11-6-5-10-17(18)19(22(24)27)14-23-12-13-25/h5-11,14,25,27H,3-4,12-13H2,1-2H3. The lowest BCUT2D eigenvalue weighted by atomic mass is 10.0. The van der Waals surface area contributed by atoms with Gasteiger partial charge in [0.1, 0.15) is 0 Å². The summed E-state index contributed by atoms with van der Waals surface area (Å²) in [5.41, 5.74) is 2.97. The van der Waals surface area contributed by atoms with Crippen LogP contribution in [0.4, 0.5) is 0 Å². The minimum Gasteiger partial charge on any atom is -0.494 e. The molecule has 0 spiro atoms.